The van der Waals surface area contributed by atoms with Crippen molar-refractivity contribution in [2.24, 2.45) is 0 Å². The zero-order valence-electron chi connectivity index (χ0n) is 18.6. The molecular formula is C27H28O7. The Morgan fingerprint density at radius 2 is 1.03 bits per heavy atom. The van der Waals surface area contributed by atoms with Gasteiger partial charge in [0, 0.05) is 0 Å². The highest BCUT2D eigenvalue weighted by Gasteiger charge is 2.50. The van der Waals surface area contributed by atoms with Gasteiger partial charge in [0.1, 0.15) is 18.3 Å². The Kier molecular flexibility index (Phi) is 8.41. The molecule has 3 aromatic carbocycles. The number of rotatable bonds is 10. The van der Waals surface area contributed by atoms with Gasteiger partial charge in [0.2, 0.25) is 0 Å². The van der Waals surface area contributed by atoms with Crippen molar-refractivity contribution in [2.75, 3.05) is 0 Å². The normalized spacial score (nSPS) is 24.6. The van der Waals surface area contributed by atoms with Gasteiger partial charge < -0.3 is 29.2 Å². The number of hydrogen-bond acceptors (Lipinski definition) is 6. The van der Waals surface area contributed by atoms with Gasteiger partial charge in [-0.2, -0.15) is 0 Å². The quantitative estimate of drug-likeness (QED) is 0.474. The highest BCUT2D eigenvalue weighted by atomic mass is 16.7. The molecule has 0 unspecified atom stereocenters. The van der Waals surface area contributed by atoms with Crippen LogP contribution in [0.4, 0.5) is 0 Å². The molecule has 0 aromatic heterocycles. The van der Waals surface area contributed by atoms with Crippen LogP contribution in [0, 0.1) is 0 Å². The van der Waals surface area contributed by atoms with Gasteiger partial charge >= 0.3 is 5.97 Å². The van der Waals surface area contributed by atoms with E-state index < -0.39 is 36.7 Å². The van der Waals surface area contributed by atoms with E-state index in [1.165, 1.54) is 0 Å². The average Bonchev–Trinajstić information content (AvgIpc) is 2.87. The Labute approximate surface area is 198 Å². The monoisotopic (exact) mass is 464 g/mol. The maximum atomic E-state index is 12.0. The summed E-state index contributed by atoms with van der Waals surface area (Å²) < 4.78 is 23.7. The molecule has 7 nitrogen and oxygen atoms in total. The first-order valence-electron chi connectivity index (χ1n) is 11.1. The van der Waals surface area contributed by atoms with Crippen LogP contribution in [0.2, 0.25) is 0 Å². The number of hydrogen-bond donors (Lipinski definition) is 2. The van der Waals surface area contributed by atoms with Gasteiger partial charge in [-0.05, 0) is 16.7 Å². The first-order chi connectivity index (χ1) is 16.6. The molecule has 1 aliphatic heterocycles. The van der Waals surface area contributed by atoms with Crippen molar-refractivity contribution in [1.29, 1.82) is 0 Å². The molecule has 2 N–H and O–H groups in total. The van der Waals surface area contributed by atoms with Crippen molar-refractivity contribution >= 4 is 5.97 Å². The lowest BCUT2D eigenvalue weighted by atomic mass is 9.97. The second-order valence-electron chi connectivity index (χ2n) is 8.07. The lowest BCUT2D eigenvalue weighted by Crippen LogP contribution is -2.62. The lowest BCUT2D eigenvalue weighted by Gasteiger charge is -2.43. The molecule has 34 heavy (non-hydrogen) atoms. The summed E-state index contributed by atoms with van der Waals surface area (Å²) >= 11 is 0. The minimum atomic E-state index is -1.50. The van der Waals surface area contributed by atoms with Crippen molar-refractivity contribution in [3.05, 3.63) is 108 Å². The number of ether oxygens (including phenoxy) is 4. The molecule has 0 spiro atoms. The molecule has 0 saturated carbocycles. The van der Waals surface area contributed by atoms with Gasteiger partial charge in [-0.3, -0.25) is 0 Å². The molecule has 1 heterocycles. The number of benzene rings is 3. The molecule has 0 bridgehead atoms. The van der Waals surface area contributed by atoms with Gasteiger partial charge in [-0.25, -0.2) is 4.79 Å². The zero-order valence-corrected chi connectivity index (χ0v) is 18.6. The van der Waals surface area contributed by atoms with Crippen molar-refractivity contribution < 1.29 is 34.0 Å². The molecule has 3 aromatic rings. The molecule has 0 radical (unpaired) electrons. The van der Waals surface area contributed by atoms with Crippen LogP contribution in [0.1, 0.15) is 16.7 Å². The fraction of sp³-hybridized carbons (Fsp3) is 0.296. The van der Waals surface area contributed by atoms with Crippen molar-refractivity contribution in [2.45, 2.75) is 50.5 Å². The molecule has 0 aliphatic carbocycles. The van der Waals surface area contributed by atoms with E-state index in [0.717, 1.165) is 16.7 Å². The molecule has 7 heteroatoms. The zero-order chi connectivity index (χ0) is 23.8. The summed E-state index contributed by atoms with van der Waals surface area (Å²) in [6, 6.07) is 28.4. The van der Waals surface area contributed by atoms with Crippen LogP contribution in [0.5, 0.6) is 0 Å². The summed E-state index contributed by atoms with van der Waals surface area (Å²) in [5.74, 6) is -1.24. The SMILES string of the molecule is O=C(O)[C@H]1O[C@H](O)[C@H](OCc2ccccc2)[C@@H](OCc2ccccc2)[C@@H]1OCc1ccccc1. The minimum absolute atomic E-state index is 0.158. The van der Waals surface area contributed by atoms with Crippen LogP contribution >= 0.6 is 0 Å². The van der Waals surface area contributed by atoms with Crippen LogP contribution in [0.25, 0.3) is 0 Å². The van der Waals surface area contributed by atoms with Crippen LogP contribution in [0.15, 0.2) is 91.0 Å². The summed E-state index contributed by atoms with van der Waals surface area (Å²) in [6.07, 6.45) is -5.78. The summed E-state index contributed by atoms with van der Waals surface area (Å²) in [4.78, 5) is 12.0. The highest BCUT2D eigenvalue weighted by molar-refractivity contribution is 5.73. The Balaban J connectivity index is 1.57. The summed E-state index contributed by atoms with van der Waals surface area (Å²) in [5, 5.41) is 20.5. The van der Waals surface area contributed by atoms with E-state index in [9.17, 15) is 15.0 Å². The fourth-order valence-electron chi connectivity index (χ4n) is 3.87. The maximum absolute atomic E-state index is 12.0. The smallest absolute Gasteiger partial charge is 0.335 e. The molecule has 178 valence electrons. The predicted octanol–water partition coefficient (Wildman–Crippen LogP) is 3.54. The van der Waals surface area contributed by atoms with E-state index in [0.29, 0.717) is 0 Å². The lowest BCUT2D eigenvalue weighted by molar-refractivity contribution is -0.308. The van der Waals surface area contributed by atoms with Crippen molar-refractivity contribution in [3.8, 4) is 0 Å². The van der Waals surface area contributed by atoms with Crippen LogP contribution in [-0.4, -0.2) is 46.9 Å². The predicted molar refractivity (Wildman–Crippen MR) is 124 cm³/mol. The first kappa shape index (κ1) is 24.1. The molecule has 5 atom stereocenters. The van der Waals surface area contributed by atoms with Crippen LogP contribution < -0.4 is 0 Å². The van der Waals surface area contributed by atoms with E-state index in [1.54, 1.807) is 0 Å². The number of aliphatic hydroxyl groups is 1. The molecular weight excluding hydrogens is 436 g/mol. The molecule has 0 amide bonds. The van der Waals surface area contributed by atoms with Gasteiger partial charge in [0.25, 0.3) is 0 Å². The van der Waals surface area contributed by atoms with Crippen LogP contribution in [-0.2, 0) is 43.6 Å². The number of aliphatic carboxylic acids is 1. The number of carboxylic acids is 1. The van der Waals surface area contributed by atoms with E-state index in [2.05, 4.69) is 0 Å². The second-order valence-corrected chi connectivity index (χ2v) is 8.07. The Morgan fingerprint density at radius 1 is 0.647 bits per heavy atom. The largest absolute Gasteiger partial charge is 0.479 e. The maximum Gasteiger partial charge on any atom is 0.335 e. The first-order valence-corrected chi connectivity index (χ1v) is 11.1. The minimum Gasteiger partial charge on any atom is -0.479 e. The number of aliphatic hydroxyl groups excluding tert-OH is 1. The third-order valence-electron chi connectivity index (χ3n) is 5.61. The van der Waals surface area contributed by atoms with E-state index in [-0.39, 0.29) is 19.8 Å². The molecule has 4 rings (SSSR count). The third-order valence-corrected chi connectivity index (χ3v) is 5.61. The van der Waals surface area contributed by atoms with E-state index >= 15 is 0 Å². The summed E-state index contributed by atoms with van der Waals surface area (Å²) in [7, 11) is 0. The van der Waals surface area contributed by atoms with E-state index in [4.69, 9.17) is 18.9 Å². The fourth-order valence-corrected chi connectivity index (χ4v) is 3.87. The molecule has 1 fully saturated rings. The van der Waals surface area contributed by atoms with Gasteiger partial charge in [-0.1, -0.05) is 91.0 Å². The second kappa shape index (κ2) is 11.9. The summed E-state index contributed by atoms with van der Waals surface area (Å²) in [5.41, 5.74) is 2.68. The van der Waals surface area contributed by atoms with Gasteiger partial charge in [0.05, 0.1) is 19.8 Å². The number of carboxylic acid groups (broad SMARTS) is 1. The highest BCUT2D eigenvalue weighted by Crippen LogP contribution is 2.29. The van der Waals surface area contributed by atoms with Crippen molar-refractivity contribution in [3.63, 3.8) is 0 Å². The van der Waals surface area contributed by atoms with Crippen molar-refractivity contribution in [1.82, 2.24) is 0 Å². The Morgan fingerprint density at radius 3 is 1.44 bits per heavy atom. The van der Waals surface area contributed by atoms with Gasteiger partial charge in [-0.15, -0.1) is 0 Å². The Bertz CT molecular complexity index is 1010. The van der Waals surface area contributed by atoms with E-state index in [1.807, 2.05) is 91.0 Å². The summed E-state index contributed by atoms with van der Waals surface area (Å²) in [6.45, 7) is 0.548. The standard InChI is InChI=1S/C27H28O7/c28-26(29)24-22(31-16-19-10-4-1-5-11-19)23(32-17-20-12-6-2-7-13-20)25(27(30)34-24)33-18-21-14-8-3-9-15-21/h1-15,22-25,27,30H,16-18H2,(H,28,29)/t22-,23-,24-,25+,27-/m0/s1. The molecule has 1 aliphatic rings. The average molecular weight is 465 g/mol. The Hall–Kier alpha value is -3.07. The number of carbonyl (C=O) groups is 1. The van der Waals surface area contributed by atoms with Crippen LogP contribution in [0.3, 0.4) is 0 Å². The molecule has 1 saturated heterocycles. The topological polar surface area (TPSA) is 94.5 Å². The van der Waals surface area contributed by atoms with Gasteiger partial charge in [0.15, 0.2) is 12.4 Å². The third kappa shape index (κ3) is 6.28.